The second-order valence-corrected chi connectivity index (χ2v) is 3.43. The van der Waals surface area contributed by atoms with Gasteiger partial charge < -0.3 is 0 Å². The Bertz CT molecular complexity index is 401. The monoisotopic (exact) mass is 204 g/mol. The Balaban J connectivity index is 2.31. The van der Waals surface area contributed by atoms with Crippen molar-refractivity contribution in [2.45, 2.75) is 20.3 Å². The maximum atomic E-state index is 11.9. The third kappa shape index (κ3) is 1.60. The molecule has 0 N–H and O–H groups in total. The van der Waals surface area contributed by atoms with E-state index in [1.807, 2.05) is 13.8 Å². The quantitative estimate of drug-likeness (QED) is 0.727. The molecule has 15 heavy (non-hydrogen) atoms. The van der Waals surface area contributed by atoms with Gasteiger partial charge in [0.15, 0.2) is 5.82 Å². The normalized spacial score (nSPS) is 20.7. The molecule has 2 rings (SSSR count). The highest BCUT2D eigenvalue weighted by Gasteiger charge is 2.33. The Labute approximate surface area is 87.8 Å². The van der Waals surface area contributed by atoms with Gasteiger partial charge in [0.25, 0.3) is 5.91 Å². The number of hydrogen-bond acceptors (Lipinski definition) is 4. The second-order valence-electron chi connectivity index (χ2n) is 3.43. The lowest BCUT2D eigenvalue weighted by Gasteiger charge is -2.10. The highest BCUT2D eigenvalue weighted by molar-refractivity contribution is 6.14. The van der Waals surface area contributed by atoms with Gasteiger partial charge in [-0.1, -0.05) is 6.92 Å². The Hall–Kier alpha value is -1.78. The summed E-state index contributed by atoms with van der Waals surface area (Å²) in [5.41, 5.74) is 0.841. The van der Waals surface area contributed by atoms with Crippen LogP contribution in [0.5, 0.6) is 0 Å². The van der Waals surface area contributed by atoms with Gasteiger partial charge >= 0.3 is 0 Å². The maximum Gasteiger partial charge on any atom is 0.257 e. The van der Waals surface area contributed by atoms with Crippen molar-refractivity contribution in [3.63, 3.8) is 0 Å². The summed E-state index contributed by atoms with van der Waals surface area (Å²) in [6.07, 6.45) is 2.34. The minimum atomic E-state index is -0.105. The fourth-order valence-electron chi connectivity index (χ4n) is 1.64. The number of anilines is 1. The molecule has 0 spiro atoms. The molecule has 0 radical (unpaired) electrons. The van der Waals surface area contributed by atoms with Crippen molar-refractivity contribution >= 4 is 17.4 Å². The zero-order valence-corrected chi connectivity index (χ0v) is 8.71. The molecule has 2 heterocycles. The van der Waals surface area contributed by atoms with E-state index < -0.39 is 0 Å². The number of rotatable bonds is 2. The molecule has 0 aliphatic carbocycles. The van der Waals surface area contributed by atoms with E-state index in [1.54, 1.807) is 18.3 Å². The molecule has 0 saturated carbocycles. The number of hydrogen-bond donors (Lipinski definition) is 0. The topological polar surface area (TPSA) is 58.5 Å². The van der Waals surface area contributed by atoms with Crippen molar-refractivity contribution in [2.24, 2.45) is 11.0 Å². The summed E-state index contributed by atoms with van der Waals surface area (Å²) in [4.78, 5) is 11.9. The molecule has 78 valence electrons. The smallest absolute Gasteiger partial charge is 0.257 e. The molecule has 1 aromatic rings. The summed E-state index contributed by atoms with van der Waals surface area (Å²) in [7, 11) is 0. The summed E-state index contributed by atoms with van der Waals surface area (Å²) in [5, 5.41) is 13.1. The van der Waals surface area contributed by atoms with Crippen LogP contribution in [0.1, 0.15) is 20.3 Å². The van der Waals surface area contributed by atoms with Crippen molar-refractivity contribution < 1.29 is 4.79 Å². The van der Waals surface area contributed by atoms with Gasteiger partial charge in [-0.15, -0.1) is 5.10 Å². The first-order chi connectivity index (χ1) is 7.24. The van der Waals surface area contributed by atoms with E-state index in [2.05, 4.69) is 15.3 Å². The molecule has 1 aliphatic rings. The van der Waals surface area contributed by atoms with Crippen LogP contribution in [-0.4, -0.2) is 21.8 Å². The van der Waals surface area contributed by atoms with Crippen LogP contribution in [0, 0.1) is 5.92 Å². The predicted molar refractivity (Wildman–Crippen MR) is 56.4 cm³/mol. The Morgan fingerprint density at radius 3 is 2.87 bits per heavy atom. The first-order valence-electron chi connectivity index (χ1n) is 4.90. The molecule has 5 heteroatoms. The Kier molecular flexibility index (Phi) is 2.45. The molecule has 1 unspecified atom stereocenters. The van der Waals surface area contributed by atoms with E-state index in [1.165, 1.54) is 5.01 Å². The molecule has 0 aromatic carbocycles. The van der Waals surface area contributed by atoms with Crippen molar-refractivity contribution in [1.29, 1.82) is 0 Å². The van der Waals surface area contributed by atoms with E-state index in [9.17, 15) is 4.79 Å². The minimum absolute atomic E-state index is 0.0181. The molecular formula is C10H12N4O. The molecule has 0 fully saturated rings. The number of aromatic nitrogens is 2. The molecule has 1 atom stereocenters. The van der Waals surface area contributed by atoms with Gasteiger partial charge in [-0.3, -0.25) is 4.79 Å². The van der Waals surface area contributed by atoms with Crippen LogP contribution in [0.15, 0.2) is 23.4 Å². The van der Waals surface area contributed by atoms with Crippen LogP contribution in [-0.2, 0) is 4.79 Å². The van der Waals surface area contributed by atoms with Gasteiger partial charge in [0.1, 0.15) is 0 Å². The van der Waals surface area contributed by atoms with Crippen molar-refractivity contribution in [3.8, 4) is 0 Å². The van der Waals surface area contributed by atoms with Gasteiger partial charge in [0.05, 0.1) is 5.92 Å². The van der Waals surface area contributed by atoms with E-state index in [-0.39, 0.29) is 11.8 Å². The molecule has 5 nitrogen and oxygen atoms in total. The number of hydrazone groups is 1. The average molecular weight is 204 g/mol. The summed E-state index contributed by atoms with van der Waals surface area (Å²) in [6, 6.07) is 3.46. The van der Waals surface area contributed by atoms with Gasteiger partial charge in [-0.25, -0.2) is 0 Å². The van der Waals surface area contributed by atoms with E-state index in [0.29, 0.717) is 5.82 Å². The van der Waals surface area contributed by atoms with E-state index in [4.69, 9.17) is 0 Å². The van der Waals surface area contributed by atoms with E-state index in [0.717, 1.165) is 12.1 Å². The Morgan fingerprint density at radius 2 is 2.33 bits per heavy atom. The molecular weight excluding hydrogens is 192 g/mol. The summed E-state index contributed by atoms with van der Waals surface area (Å²) >= 11 is 0. The van der Waals surface area contributed by atoms with Crippen LogP contribution in [0.3, 0.4) is 0 Å². The van der Waals surface area contributed by atoms with Crippen LogP contribution in [0.2, 0.25) is 0 Å². The first-order valence-corrected chi connectivity index (χ1v) is 4.90. The van der Waals surface area contributed by atoms with Gasteiger partial charge in [0.2, 0.25) is 0 Å². The third-order valence-corrected chi connectivity index (χ3v) is 2.45. The molecule has 1 aliphatic heterocycles. The standard InChI is InChI=1S/C10H12N4O/c1-3-8-7(2)13-14(10(8)15)9-5-4-6-11-12-9/h4-6,8H,3H2,1-2H3. The van der Waals surface area contributed by atoms with Crippen LogP contribution < -0.4 is 5.01 Å². The highest BCUT2D eigenvalue weighted by Crippen LogP contribution is 2.22. The molecule has 0 bridgehead atoms. The zero-order valence-electron chi connectivity index (χ0n) is 8.71. The van der Waals surface area contributed by atoms with Crippen molar-refractivity contribution in [3.05, 3.63) is 18.3 Å². The second kappa shape index (κ2) is 3.76. The predicted octanol–water partition coefficient (Wildman–Crippen LogP) is 1.23. The number of amides is 1. The fraction of sp³-hybridized carbons (Fsp3) is 0.400. The maximum absolute atomic E-state index is 11.9. The molecule has 1 amide bonds. The average Bonchev–Trinajstić information content (AvgIpc) is 2.55. The first kappa shape index (κ1) is 9.76. The summed E-state index contributed by atoms with van der Waals surface area (Å²) in [6.45, 7) is 3.84. The largest absolute Gasteiger partial charge is 0.272 e. The van der Waals surface area contributed by atoms with Gasteiger partial charge in [-0.2, -0.15) is 15.2 Å². The molecule has 0 saturated heterocycles. The van der Waals surface area contributed by atoms with Crippen LogP contribution >= 0.6 is 0 Å². The lowest BCUT2D eigenvalue weighted by Crippen LogP contribution is -2.27. The van der Waals surface area contributed by atoms with Gasteiger partial charge in [-0.05, 0) is 25.5 Å². The van der Waals surface area contributed by atoms with Crippen molar-refractivity contribution in [1.82, 2.24) is 10.2 Å². The Morgan fingerprint density at radius 1 is 1.53 bits per heavy atom. The number of carbonyl (C=O) groups is 1. The zero-order chi connectivity index (χ0) is 10.8. The summed E-state index contributed by atoms with van der Waals surface area (Å²) < 4.78 is 0. The third-order valence-electron chi connectivity index (χ3n) is 2.45. The molecule has 1 aromatic heterocycles. The van der Waals surface area contributed by atoms with Crippen LogP contribution in [0.25, 0.3) is 0 Å². The van der Waals surface area contributed by atoms with E-state index >= 15 is 0 Å². The summed E-state index contributed by atoms with van der Waals surface area (Å²) in [5.74, 6) is 0.361. The van der Waals surface area contributed by atoms with Gasteiger partial charge in [0, 0.05) is 11.9 Å². The number of carbonyl (C=O) groups excluding carboxylic acids is 1. The lowest BCUT2D eigenvalue weighted by molar-refractivity contribution is -0.119. The highest BCUT2D eigenvalue weighted by atomic mass is 16.2. The lowest BCUT2D eigenvalue weighted by atomic mass is 10.0. The fourth-order valence-corrected chi connectivity index (χ4v) is 1.64. The SMILES string of the molecule is CCC1C(=O)N(c2cccnn2)N=C1C. The van der Waals surface area contributed by atoms with Crippen molar-refractivity contribution in [2.75, 3.05) is 5.01 Å². The minimum Gasteiger partial charge on any atom is -0.272 e. The van der Waals surface area contributed by atoms with Crippen LogP contribution in [0.4, 0.5) is 5.82 Å². The number of nitrogens with zero attached hydrogens (tertiary/aromatic N) is 4.